The van der Waals surface area contributed by atoms with E-state index < -0.39 is 0 Å². The number of aryl methyl sites for hydroxylation is 1. The van der Waals surface area contributed by atoms with E-state index >= 15 is 0 Å². The largest absolute Gasteiger partial charge is 0.391 e. The minimum atomic E-state index is -0.268. The molecule has 0 aromatic carbocycles. The molecule has 1 heterocycles. The number of thioether (sulfide) groups is 1. The highest BCUT2D eigenvalue weighted by Crippen LogP contribution is 2.20. The molecule has 0 saturated heterocycles. The Bertz CT molecular complexity index is 311. The molecule has 0 aliphatic heterocycles. The highest BCUT2D eigenvalue weighted by atomic mass is 32.2. The van der Waals surface area contributed by atoms with Crippen LogP contribution in [0.5, 0.6) is 0 Å². The zero-order chi connectivity index (χ0) is 10.7. The Morgan fingerprint density at radius 2 is 2.53 bits per heavy atom. The molecule has 1 aromatic rings. The zero-order valence-corrected chi connectivity index (χ0v) is 9.70. The summed E-state index contributed by atoms with van der Waals surface area (Å²) in [5.41, 5.74) is 0. The van der Waals surface area contributed by atoms with Crippen LogP contribution in [-0.2, 0) is 7.05 Å². The molecule has 0 amide bonds. The van der Waals surface area contributed by atoms with Gasteiger partial charge < -0.3 is 10.4 Å². The second-order valence-corrected chi connectivity index (χ2v) is 5.09. The van der Waals surface area contributed by atoms with Crippen LogP contribution in [0.1, 0.15) is 12.8 Å². The molecule has 5 heteroatoms. The van der Waals surface area contributed by atoms with Gasteiger partial charge in [0.15, 0.2) is 0 Å². The summed E-state index contributed by atoms with van der Waals surface area (Å²) in [6.07, 6.45) is 6.05. The Hall–Kier alpha value is -0.520. The number of rotatable bonds is 6. The molecule has 4 nitrogen and oxygen atoms in total. The van der Waals surface area contributed by atoms with Crippen molar-refractivity contribution in [2.75, 3.05) is 12.3 Å². The highest BCUT2D eigenvalue weighted by Gasteiger charge is 2.21. The molecule has 2 N–H and O–H groups in total. The molecular weight excluding hydrogens is 210 g/mol. The van der Waals surface area contributed by atoms with Gasteiger partial charge in [0.05, 0.1) is 12.3 Å². The fourth-order valence-electron chi connectivity index (χ4n) is 1.31. The van der Waals surface area contributed by atoms with E-state index in [1.807, 2.05) is 19.4 Å². The first-order chi connectivity index (χ1) is 7.24. The third kappa shape index (κ3) is 3.85. The van der Waals surface area contributed by atoms with Crippen LogP contribution in [0.4, 0.5) is 0 Å². The van der Waals surface area contributed by atoms with Crippen LogP contribution < -0.4 is 5.32 Å². The Morgan fingerprint density at radius 3 is 3.13 bits per heavy atom. The van der Waals surface area contributed by atoms with E-state index in [9.17, 15) is 5.11 Å². The SMILES string of the molecule is Cn1cc(SCC(O)CNC2CC2)cn1. The van der Waals surface area contributed by atoms with E-state index in [1.54, 1.807) is 16.4 Å². The normalized spacial score (nSPS) is 18.0. The van der Waals surface area contributed by atoms with Crippen molar-refractivity contribution in [3.05, 3.63) is 12.4 Å². The number of nitrogens with zero attached hydrogens (tertiary/aromatic N) is 2. The average Bonchev–Trinajstić information content (AvgIpc) is 2.95. The lowest BCUT2D eigenvalue weighted by atomic mass is 10.4. The quantitative estimate of drug-likeness (QED) is 0.700. The lowest BCUT2D eigenvalue weighted by Crippen LogP contribution is -2.29. The first-order valence-electron chi connectivity index (χ1n) is 5.27. The van der Waals surface area contributed by atoms with E-state index in [4.69, 9.17) is 0 Å². The molecule has 1 aliphatic carbocycles. The van der Waals surface area contributed by atoms with E-state index in [-0.39, 0.29) is 6.10 Å². The van der Waals surface area contributed by atoms with Crippen molar-refractivity contribution in [2.24, 2.45) is 7.05 Å². The van der Waals surface area contributed by atoms with Crippen molar-refractivity contribution in [1.82, 2.24) is 15.1 Å². The van der Waals surface area contributed by atoms with Crippen molar-refractivity contribution in [2.45, 2.75) is 29.9 Å². The average molecular weight is 227 g/mol. The minimum Gasteiger partial charge on any atom is -0.391 e. The molecule has 0 spiro atoms. The van der Waals surface area contributed by atoms with Crippen LogP contribution in [0.2, 0.25) is 0 Å². The Labute approximate surface area is 94.1 Å². The maximum atomic E-state index is 9.68. The second kappa shape index (κ2) is 5.01. The minimum absolute atomic E-state index is 0.268. The van der Waals surface area contributed by atoms with Crippen LogP contribution in [0.25, 0.3) is 0 Å². The van der Waals surface area contributed by atoms with E-state index in [0.717, 1.165) is 10.6 Å². The van der Waals surface area contributed by atoms with Gasteiger partial charge in [0.1, 0.15) is 0 Å². The maximum Gasteiger partial charge on any atom is 0.0758 e. The Morgan fingerprint density at radius 1 is 1.73 bits per heavy atom. The first kappa shape index (κ1) is 11.0. The topological polar surface area (TPSA) is 50.1 Å². The molecule has 1 aromatic heterocycles. The zero-order valence-electron chi connectivity index (χ0n) is 8.89. The lowest BCUT2D eigenvalue weighted by Gasteiger charge is -2.09. The van der Waals surface area contributed by atoms with E-state index in [1.165, 1.54) is 12.8 Å². The van der Waals surface area contributed by atoms with Crippen LogP contribution in [0.15, 0.2) is 17.3 Å². The molecule has 1 atom stereocenters. The van der Waals surface area contributed by atoms with Crippen LogP contribution in [-0.4, -0.2) is 39.3 Å². The third-order valence-corrected chi connectivity index (χ3v) is 3.44. The van der Waals surface area contributed by atoms with Crippen molar-refractivity contribution in [3.63, 3.8) is 0 Å². The van der Waals surface area contributed by atoms with Crippen molar-refractivity contribution >= 4 is 11.8 Å². The molecule has 0 bridgehead atoms. The number of nitrogens with one attached hydrogen (secondary N) is 1. The number of aliphatic hydroxyl groups excluding tert-OH is 1. The predicted octanol–water partition coefficient (Wildman–Crippen LogP) is 0.625. The highest BCUT2D eigenvalue weighted by molar-refractivity contribution is 7.99. The number of aliphatic hydroxyl groups is 1. The van der Waals surface area contributed by atoms with Gasteiger partial charge in [-0.3, -0.25) is 4.68 Å². The summed E-state index contributed by atoms with van der Waals surface area (Å²) in [4.78, 5) is 1.11. The number of aromatic nitrogens is 2. The molecule has 1 aliphatic rings. The molecule has 1 fully saturated rings. The molecule has 0 radical (unpaired) electrons. The molecule has 84 valence electrons. The lowest BCUT2D eigenvalue weighted by molar-refractivity contribution is 0.195. The summed E-state index contributed by atoms with van der Waals surface area (Å²) < 4.78 is 1.77. The maximum absolute atomic E-state index is 9.68. The summed E-state index contributed by atoms with van der Waals surface area (Å²) in [7, 11) is 1.90. The summed E-state index contributed by atoms with van der Waals surface area (Å²) in [6, 6.07) is 0.669. The summed E-state index contributed by atoms with van der Waals surface area (Å²) in [5.74, 6) is 0.728. The van der Waals surface area contributed by atoms with Gasteiger partial charge >= 0.3 is 0 Å². The van der Waals surface area contributed by atoms with Crippen molar-refractivity contribution in [1.29, 1.82) is 0 Å². The molecule has 15 heavy (non-hydrogen) atoms. The summed E-state index contributed by atoms with van der Waals surface area (Å²) >= 11 is 1.65. The van der Waals surface area contributed by atoms with Crippen molar-refractivity contribution < 1.29 is 5.11 Å². The van der Waals surface area contributed by atoms with Crippen LogP contribution in [0, 0.1) is 0 Å². The van der Waals surface area contributed by atoms with Gasteiger partial charge in [0.25, 0.3) is 0 Å². The monoisotopic (exact) mass is 227 g/mol. The van der Waals surface area contributed by atoms with Gasteiger partial charge in [-0.05, 0) is 12.8 Å². The van der Waals surface area contributed by atoms with Crippen LogP contribution >= 0.6 is 11.8 Å². The number of hydrogen-bond acceptors (Lipinski definition) is 4. The van der Waals surface area contributed by atoms with E-state index in [0.29, 0.717) is 12.6 Å². The second-order valence-electron chi connectivity index (χ2n) is 4.00. The first-order valence-corrected chi connectivity index (χ1v) is 6.25. The Kier molecular flexibility index (Phi) is 3.66. The molecular formula is C10H17N3OS. The summed E-state index contributed by atoms with van der Waals surface area (Å²) in [5, 5.41) is 17.1. The third-order valence-electron chi connectivity index (χ3n) is 2.34. The molecule has 1 unspecified atom stereocenters. The fraction of sp³-hybridized carbons (Fsp3) is 0.700. The van der Waals surface area contributed by atoms with Gasteiger partial charge in [-0.25, -0.2) is 0 Å². The van der Waals surface area contributed by atoms with Gasteiger partial charge in [-0.1, -0.05) is 0 Å². The van der Waals surface area contributed by atoms with E-state index in [2.05, 4.69) is 10.4 Å². The Balaban J connectivity index is 1.63. The van der Waals surface area contributed by atoms with Crippen LogP contribution in [0.3, 0.4) is 0 Å². The predicted molar refractivity (Wildman–Crippen MR) is 61.0 cm³/mol. The van der Waals surface area contributed by atoms with Crippen molar-refractivity contribution in [3.8, 4) is 0 Å². The standard InChI is InChI=1S/C10H17N3OS/c1-13-6-10(5-12-13)15-7-9(14)4-11-8-2-3-8/h5-6,8-9,11,14H,2-4,7H2,1H3. The molecule has 2 rings (SSSR count). The fourth-order valence-corrected chi connectivity index (χ4v) is 2.17. The summed E-state index contributed by atoms with van der Waals surface area (Å²) in [6.45, 7) is 0.706. The smallest absolute Gasteiger partial charge is 0.0758 e. The molecule has 1 saturated carbocycles. The van der Waals surface area contributed by atoms with Gasteiger partial charge in [0, 0.05) is 36.5 Å². The van der Waals surface area contributed by atoms with Gasteiger partial charge in [-0.2, -0.15) is 5.10 Å². The van der Waals surface area contributed by atoms with Gasteiger partial charge in [0.2, 0.25) is 0 Å². The number of hydrogen-bond donors (Lipinski definition) is 2. The van der Waals surface area contributed by atoms with Gasteiger partial charge in [-0.15, -0.1) is 11.8 Å².